The number of likely N-dealkylation sites (N-methyl/N-ethyl adjacent to an activating group) is 1. The molecule has 0 saturated heterocycles. The second-order valence-electron chi connectivity index (χ2n) is 7.13. The maximum Gasteiger partial charge on any atom is 0.240 e. The van der Waals surface area contributed by atoms with E-state index in [0.717, 1.165) is 19.5 Å². The van der Waals surface area contributed by atoms with E-state index in [1.807, 2.05) is 14.0 Å². The minimum Gasteiger partial charge on any atom is -0.354 e. The van der Waals surface area contributed by atoms with Crippen LogP contribution in [0.5, 0.6) is 0 Å². The monoisotopic (exact) mass is 318 g/mol. The van der Waals surface area contributed by atoms with E-state index in [2.05, 4.69) is 59.6 Å². The van der Waals surface area contributed by atoms with Gasteiger partial charge in [0, 0.05) is 13.0 Å². The van der Waals surface area contributed by atoms with Crippen LogP contribution in [0.15, 0.2) is 0 Å². The average Bonchev–Trinajstić information content (AvgIpc) is 2.42. The van der Waals surface area contributed by atoms with Crippen molar-refractivity contribution >= 4 is 5.91 Å². The Kier molecular flexibility index (Phi) is 13.8. The van der Waals surface area contributed by atoms with Gasteiger partial charge in [-0.2, -0.15) is 0 Å². The van der Waals surface area contributed by atoms with Crippen LogP contribution in [-0.2, 0) is 4.79 Å². The number of nitrogens with one attached hydrogen (secondary N) is 4. The van der Waals surface area contributed by atoms with E-state index in [1.54, 1.807) is 0 Å². The molecule has 1 atom stereocenters. The quantitative estimate of drug-likeness (QED) is 0.404. The third-order valence-electron chi connectivity index (χ3n) is 4.03. The molecule has 1 amide bonds. The van der Waals surface area contributed by atoms with Crippen molar-refractivity contribution in [3.05, 3.63) is 0 Å². The zero-order chi connectivity index (χ0) is 17.8. The summed E-state index contributed by atoms with van der Waals surface area (Å²) in [6.45, 7) is 11.4. The van der Waals surface area contributed by atoms with Crippen LogP contribution in [0.3, 0.4) is 0 Å². The van der Waals surface area contributed by atoms with Gasteiger partial charge >= 0.3 is 0 Å². The van der Waals surface area contributed by atoms with E-state index < -0.39 is 5.54 Å². The van der Waals surface area contributed by atoms with Crippen molar-refractivity contribution in [2.45, 2.75) is 46.1 Å². The van der Waals surface area contributed by atoms with Crippen LogP contribution in [0.2, 0.25) is 0 Å². The van der Waals surface area contributed by atoms with Crippen LogP contribution >= 0.6 is 0 Å². The number of amides is 1. The molecule has 0 radical (unpaired) electrons. The Morgan fingerprint density at radius 1 is 1.09 bits per heavy atom. The largest absolute Gasteiger partial charge is 0.354 e. The minimum atomic E-state index is -0.467. The molecular formula is C17H42N4O+2. The smallest absolute Gasteiger partial charge is 0.240 e. The predicted octanol–water partition coefficient (Wildman–Crippen LogP) is -1.19. The van der Waals surface area contributed by atoms with Crippen LogP contribution in [-0.4, -0.2) is 66.3 Å². The molecule has 0 aromatic heterocycles. The zero-order valence-electron chi connectivity index (χ0n) is 16.5. The molecule has 0 aromatic rings. The van der Waals surface area contributed by atoms with Crippen molar-refractivity contribution in [2.24, 2.45) is 5.92 Å². The van der Waals surface area contributed by atoms with Crippen molar-refractivity contribution in [2.75, 3.05) is 54.9 Å². The maximum absolute atomic E-state index is 12.0. The molecule has 0 spiro atoms. The lowest BCUT2D eigenvalue weighted by molar-refractivity contribution is -0.858. The second kappa shape index (κ2) is 12.9. The zero-order valence-corrected chi connectivity index (χ0v) is 16.5. The molecule has 0 heterocycles. The van der Waals surface area contributed by atoms with Gasteiger partial charge in [0.1, 0.15) is 0 Å². The van der Waals surface area contributed by atoms with E-state index in [1.165, 1.54) is 22.8 Å². The lowest BCUT2D eigenvalue weighted by Gasteiger charge is -2.31. The summed E-state index contributed by atoms with van der Waals surface area (Å²) in [6.07, 6.45) is 2.31. The molecule has 134 valence electrons. The van der Waals surface area contributed by atoms with Gasteiger partial charge in [0.15, 0.2) is 0 Å². The summed E-state index contributed by atoms with van der Waals surface area (Å²) < 4.78 is 0. The molecule has 1 unspecified atom stereocenters. The van der Waals surface area contributed by atoms with Gasteiger partial charge in [-0.3, -0.25) is 4.79 Å². The number of hydrogen-bond acceptors (Lipinski definition) is 2. The van der Waals surface area contributed by atoms with Crippen molar-refractivity contribution in [1.82, 2.24) is 10.6 Å². The van der Waals surface area contributed by atoms with E-state index in [0.29, 0.717) is 0 Å². The van der Waals surface area contributed by atoms with Gasteiger partial charge in [0.05, 0.1) is 46.8 Å². The second-order valence-corrected chi connectivity index (χ2v) is 7.13. The van der Waals surface area contributed by atoms with E-state index in [-0.39, 0.29) is 11.8 Å². The first kappa shape index (κ1) is 23.6. The molecule has 0 bridgehead atoms. The fourth-order valence-corrected chi connectivity index (χ4v) is 1.99. The SMILES string of the molecule is CCC[NH+](C)C.CNC(C)(C(=O)NCCC[NH+](C)C)C(C)C. The van der Waals surface area contributed by atoms with Crippen molar-refractivity contribution in [1.29, 1.82) is 0 Å². The molecule has 0 rings (SSSR count). The minimum absolute atomic E-state index is 0.0961. The van der Waals surface area contributed by atoms with Gasteiger partial charge in [-0.15, -0.1) is 0 Å². The standard InChI is InChI=1S/C12H27N3O.C5H13N/c1-10(2)12(3,13-4)11(16)14-8-7-9-15(5)6;1-4-5-6(2)3/h10,13H,7-9H2,1-6H3,(H,14,16);4-5H2,1-3H3/p+2. The van der Waals surface area contributed by atoms with Crippen molar-refractivity contribution in [3.63, 3.8) is 0 Å². The summed E-state index contributed by atoms with van der Waals surface area (Å²) in [5.41, 5.74) is -0.467. The van der Waals surface area contributed by atoms with E-state index in [4.69, 9.17) is 0 Å². The highest BCUT2D eigenvalue weighted by Gasteiger charge is 2.34. The molecule has 4 N–H and O–H groups in total. The Hall–Kier alpha value is -0.650. The highest BCUT2D eigenvalue weighted by Crippen LogP contribution is 2.15. The first-order valence-electron chi connectivity index (χ1n) is 8.67. The molecule has 0 saturated carbocycles. The highest BCUT2D eigenvalue weighted by molar-refractivity contribution is 5.86. The fourth-order valence-electron chi connectivity index (χ4n) is 1.99. The highest BCUT2D eigenvalue weighted by atomic mass is 16.2. The van der Waals surface area contributed by atoms with Crippen LogP contribution < -0.4 is 20.4 Å². The number of quaternary nitrogens is 2. The summed E-state index contributed by atoms with van der Waals surface area (Å²) in [7, 11) is 10.4. The van der Waals surface area contributed by atoms with Gasteiger partial charge in [-0.25, -0.2) is 0 Å². The summed E-state index contributed by atoms with van der Waals surface area (Å²) in [5.74, 6) is 0.371. The van der Waals surface area contributed by atoms with Gasteiger partial charge in [-0.05, 0) is 26.3 Å². The first-order valence-corrected chi connectivity index (χ1v) is 8.67. The van der Waals surface area contributed by atoms with Crippen molar-refractivity contribution < 1.29 is 14.6 Å². The van der Waals surface area contributed by atoms with Crippen LogP contribution in [0.4, 0.5) is 0 Å². The normalized spacial score (nSPS) is 13.8. The van der Waals surface area contributed by atoms with Crippen LogP contribution in [0.25, 0.3) is 0 Å². The van der Waals surface area contributed by atoms with Gasteiger partial charge in [-0.1, -0.05) is 20.8 Å². The topological polar surface area (TPSA) is 50.0 Å². The van der Waals surface area contributed by atoms with Gasteiger partial charge < -0.3 is 20.4 Å². The lowest BCUT2D eigenvalue weighted by Crippen LogP contribution is -3.05. The number of rotatable bonds is 9. The Labute approximate surface area is 138 Å². The van der Waals surface area contributed by atoms with Gasteiger partial charge in [0.2, 0.25) is 5.91 Å². The van der Waals surface area contributed by atoms with Crippen molar-refractivity contribution in [3.8, 4) is 0 Å². The number of hydrogen-bond donors (Lipinski definition) is 4. The van der Waals surface area contributed by atoms with Crippen LogP contribution in [0, 0.1) is 5.92 Å². The van der Waals surface area contributed by atoms with Gasteiger partial charge in [0.25, 0.3) is 0 Å². The molecule has 5 nitrogen and oxygen atoms in total. The number of carbonyl (C=O) groups is 1. The Morgan fingerprint density at radius 2 is 1.59 bits per heavy atom. The number of carbonyl (C=O) groups excluding carboxylic acids is 1. The Morgan fingerprint density at radius 3 is 1.86 bits per heavy atom. The van der Waals surface area contributed by atoms with E-state index >= 15 is 0 Å². The maximum atomic E-state index is 12.0. The summed E-state index contributed by atoms with van der Waals surface area (Å²) >= 11 is 0. The Bertz CT molecular complexity index is 280. The van der Waals surface area contributed by atoms with Crippen LogP contribution in [0.1, 0.15) is 40.5 Å². The third-order valence-corrected chi connectivity index (χ3v) is 4.03. The molecule has 0 aliphatic rings. The molecular weight excluding hydrogens is 276 g/mol. The summed E-state index contributed by atoms with van der Waals surface area (Å²) in [5, 5.41) is 6.11. The summed E-state index contributed by atoms with van der Waals surface area (Å²) in [4.78, 5) is 15.0. The first-order chi connectivity index (χ1) is 10.1. The average molecular weight is 319 g/mol. The lowest BCUT2D eigenvalue weighted by atomic mass is 9.87. The molecule has 0 aliphatic carbocycles. The predicted molar refractivity (Wildman–Crippen MR) is 95.6 cm³/mol. The molecule has 22 heavy (non-hydrogen) atoms. The molecule has 0 aromatic carbocycles. The third kappa shape index (κ3) is 11.0. The fraction of sp³-hybridized carbons (Fsp3) is 0.941. The summed E-state index contributed by atoms with van der Waals surface area (Å²) in [6, 6.07) is 0. The van der Waals surface area contributed by atoms with E-state index in [9.17, 15) is 4.79 Å². The molecule has 0 aliphatic heterocycles. The molecule has 5 heteroatoms. The molecule has 0 fully saturated rings. The Balaban J connectivity index is 0.